The number of aromatic hydroxyl groups is 1. The molecule has 7 heteroatoms. The van der Waals surface area contributed by atoms with E-state index < -0.39 is 23.0 Å². The Balaban J connectivity index is 2.10. The Kier molecular flexibility index (Phi) is 4.21. The second-order valence-electron chi connectivity index (χ2n) is 5.25. The summed E-state index contributed by atoms with van der Waals surface area (Å²) >= 11 is 0. The number of aromatic carboxylic acids is 1. The molecule has 2 aromatic heterocycles. The molecule has 3 aromatic rings. The third-order valence-electron chi connectivity index (χ3n) is 3.62. The molecule has 25 heavy (non-hydrogen) atoms. The van der Waals surface area contributed by atoms with Gasteiger partial charge in [0.05, 0.1) is 6.26 Å². The maximum atomic E-state index is 12.1. The minimum Gasteiger partial charge on any atom is -0.501 e. The Labute approximate surface area is 142 Å². The smallest absolute Gasteiger partial charge is 0.358 e. The van der Waals surface area contributed by atoms with Gasteiger partial charge in [0.25, 0.3) is 5.56 Å². The van der Waals surface area contributed by atoms with Gasteiger partial charge < -0.3 is 14.6 Å². The van der Waals surface area contributed by atoms with Gasteiger partial charge in [-0.05, 0) is 11.6 Å². The molecule has 126 valence electrons. The fourth-order valence-electron chi connectivity index (χ4n) is 2.32. The zero-order valence-electron chi connectivity index (χ0n) is 13.2. The van der Waals surface area contributed by atoms with Crippen LogP contribution in [0.1, 0.15) is 21.6 Å². The van der Waals surface area contributed by atoms with Crippen LogP contribution in [0.3, 0.4) is 0 Å². The summed E-state index contributed by atoms with van der Waals surface area (Å²) in [6.07, 6.45) is 5.04. The predicted molar refractivity (Wildman–Crippen MR) is 91.2 cm³/mol. The van der Waals surface area contributed by atoms with Crippen molar-refractivity contribution in [2.75, 3.05) is 0 Å². The normalized spacial score (nSPS) is 11.1. The minimum absolute atomic E-state index is 0.0120. The van der Waals surface area contributed by atoms with Crippen LogP contribution in [-0.4, -0.2) is 25.7 Å². The molecule has 0 aliphatic heterocycles. The van der Waals surface area contributed by atoms with Crippen molar-refractivity contribution in [3.8, 4) is 17.3 Å². The monoisotopic (exact) mass is 338 g/mol. The Morgan fingerprint density at radius 3 is 2.60 bits per heavy atom. The number of aromatic nitrogens is 2. The van der Waals surface area contributed by atoms with Crippen LogP contribution in [0.2, 0.25) is 0 Å². The summed E-state index contributed by atoms with van der Waals surface area (Å²) in [5, 5.41) is 18.8. The van der Waals surface area contributed by atoms with E-state index in [2.05, 4.69) is 4.98 Å². The molecule has 3 rings (SSSR count). The zero-order chi connectivity index (χ0) is 18.0. The first kappa shape index (κ1) is 16.3. The van der Waals surface area contributed by atoms with Crippen molar-refractivity contribution in [1.82, 2.24) is 9.55 Å². The molecular formula is C18H14N2O5. The Morgan fingerprint density at radius 1 is 1.20 bits per heavy atom. The molecular weight excluding hydrogens is 324 g/mol. The number of rotatable bonds is 4. The lowest BCUT2D eigenvalue weighted by Crippen LogP contribution is -2.23. The molecule has 0 aliphatic rings. The Hall–Kier alpha value is -3.61. The van der Waals surface area contributed by atoms with Gasteiger partial charge in [-0.2, -0.15) is 0 Å². The lowest BCUT2D eigenvalue weighted by molar-refractivity contribution is 0.0686. The standard InChI is InChI=1S/C18H14N2O5/c1-20-16(19-13(18(23)24)14(21)17(20)22)15-12(9-10-25-15)8-7-11-5-3-2-4-6-11/h2-10,21H,1H3,(H,23,24)/b8-7+. The maximum Gasteiger partial charge on any atom is 0.358 e. The minimum atomic E-state index is -1.50. The van der Waals surface area contributed by atoms with E-state index >= 15 is 0 Å². The molecule has 1 aromatic carbocycles. The van der Waals surface area contributed by atoms with Gasteiger partial charge in [0, 0.05) is 12.6 Å². The number of benzene rings is 1. The predicted octanol–water partition coefficient (Wildman–Crippen LogP) is 2.61. The van der Waals surface area contributed by atoms with Crippen LogP contribution in [0.25, 0.3) is 23.7 Å². The van der Waals surface area contributed by atoms with Crippen molar-refractivity contribution < 1.29 is 19.4 Å². The Bertz CT molecular complexity index is 1020. The van der Waals surface area contributed by atoms with Gasteiger partial charge in [0.2, 0.25) is 5.75 Å². The molecule has 0 atom stereocenters. The fraction of sp³-hybridized carbons (Fsp3) is 0.0556. The quantitative estimate of drug-likeness (QED) is 0.757. The van der Waals surface area contributed by atoms with Crippen molar-refractivity contribution in [2.45, 2.75) is 0 Å². The van der Waals surface area contributed by atoms with Gasteiger partial charge in [-0.25, -0.2) is 9.78 Å². The third-order valence-corrected chi connectivity index (χ3v) is 3.62. The summed E-state index contributed by atoms with van der Waals surface area (Å²) in [7, 11) is 1.38. The summed E-state index contributed by atoms with van der Waals surface area (Å²) in [6.45, 7) is 0. The average Bonchev–Trinajstić information content (AvgIpc) is 3.07. The summed E-state index contributed by atoms with van der Waals surface area (Å²) in [5.74, 6) is -2.16. The van der Waals surface area contributed by atoms with E-state index in [-0.39, 0.29) is 11.6 Å². The molecule has 0 fully saturated rings. The van der Waals surface area contributed by atoms with Gasteiger partial charge in [0.1, 0.15) is 0 Å². The fourth-order valence-corrected chi connectivity index (χ4v) is 2.32. The van der Waals surface area contributed by atoms with E-state index in [1.165, 1.54) is 13.3 Å². The highest BCUT2D eigenvalue weighted by Crippen LogP contribution is 2.25. The molecule has 0 saturated carbocycles. The van der Waals surface area contributed by atoms with Crippen LogP contribution in [0.4, 0.5) is 0 Å². The lowest BCUT2D eigenvalue weighted by atomic mass is 10.1. The number of carboxylic acids is 1. The van der Waals surface area contributed by atoms with Crippen molar-refractivity contribution >= 4 is 18.1 Å². The number of furan rings is 1. The highest BCUT2D eigenvalue weighted by atomic mass is 16.4. The Morgan fingerprint density at radius 2 is 1.92 bits per heavy atom. The highest BCUT2D eigenvalue weighted by Gasteiger charge is 2.22. The van der Waals surface area contributed by atoms with Gasteiger partial charge in [0.15, 0.2) is 17.3 Å². The van der Waals surface area contributed by atoms with E-state index in [9.17, 15) is 14.7 Å². The first-order valence-electron chi connectivity index (χ1n) is 7.33. The van der Waals surface area contributed by atoms with Crippen molar-refractivity contribution in [2.24, 2.45) is 7.05 Å². The molecule has 2 N–H and O–H groups in total. The van der Waals surface area contributed by atoms with Crippen molar-refractivity contribution in [3.05, 3.63) is 69.8 Å². The van der Waals surface area contributed by atoms with Gasteiger partial charge in [-0.15, -0.1) is 0 Å². The van der Waals surface area contributed by atoms with E-state index in [0.29, 0.717) is 5.56 Å². The van der Waals surface area contributed by atoms with E-state index in [4.69, 9.17) is 9.52 Å². The van der Waals surface area contributed by atoms with E-state index in [1.54, 1.807) is 12.1 Å². The third kappa shape index (κ3) is 3.07. The second-order valence-corrected chi connectivity index (χ2v) is 5.25. The second kappa shape index (κ2) is 6.48. The summed E-state index contributed by atoms with van der Waals surface area (Å²) in [5.41, 5.74) is 0.00564. The number of carboxylic acid groups (broad SMARTS) is 1. The molecule has 0 unspecified atom stereocenters. The molecule has 7 nitrogen and oxygen atoms in total. The van der Waals surface area contributed by atoms with Crippen LogP contribution in [0, 0.1) is 0 Å². The van der Waals surface area contributed by atoms with Crippen LogP contribution >= 0.6 is 0 Å². The molecule has 0 spiro atoms. The lowest BCUT2D eigenvalue weighted by Gasteiger charge is -2.08. The van der Waals surface area contributed by atoms with Crippen molar-refractivity contribution in [1.29, 1.82) is 0 Å². The largest absolute Gasteiger partial charge is 0.501 e. The molecule has 0 aliphatic carbocycles. The molecule has 0 radical (unpaired) electrons. The number of carbonyl (C=O) groups is 1. The number of nitrogens with zero attached hydrogens (tertiary/aromatic N) is 2. The zero-order valence-corrected chi connectivity index (χ0v) is 13.2. The number of hydrogen-bond donors (Lipinski definition) is 2. The summed E-state index contributed by atoms with van der Waals surface area (Å²) < 4.78 is 6.44. The van der Waals surface area contributed by atoms with Gasteiger partial charge in [-0.1, -0.05) is 42.5 Å². The first-order valence-corrected chi connectivity index (χ1v) is 7.33. The van der Waals surface area contributed by atoms with Crippen LogP contribution in [0.15, 0.2) is 51.9 Å². The van der Waals surface area contributed by atoms with E-state index in [1.807, 2.05) is 36.4 Å². The SMILES string of the molecule is Cn1c(-c2occc2/C=C/c2ccccc2)nc(C(=O)O)c(O)c1=O. The summed E-state index contributed by atoms with van der Waals surface area (Å²) in [6, 6.07) is 11.2. The molecule has 0 amide bonds. The highest BCUT2D eigenvalue weighted by molar-refractivity contribution is 5.89. The van der Waals surface area contributed by atoms with Crippen LogP contribution in [-0.2, 0) is 7.05 Å². The van der Waals surface area contributed by atoms with Crippen LogP contribution in [0.5, 0.6) is 5.75 Å². The molecule has 0 bridgehead atoms. The molecule has 2 heterocycles. The van der Waals surface area contributed by atoms with Crippen LogP contribution < -0.4 is 5.56 Å². The topological polar surface area (TPSA) is 106 Å². The average molecular weight is 338 g/mol. The number of hydrogen-bond acceptors (Lipinski definition) is 5. The summed E-state index contributed by atoms with van der Waals surface area (Å²) in [4.78, 5) is 27.1. The van der Waals surface area contributed by atoms with Gasteiger partial charge in [-0.3, -0.25) is 9.36 Å². The van der Waals surface area contributed by atoms with Crippen molar-refractivity contribution in [3.63, 3.8) is 0 Å². The maximum absolute atomic E-state index is 12.1. The molecule has 0 saturated heterocycles. The van der Waals surface area contributed by atoms with E-state index in [0.717, 1.165) is 10.1 Å². The van der Waals surface area contributed by atoms with Gasteiger partial charge >= 0.3 is 5.97 Å². The first-order chi connectivity index (χ1) is 12.0.